The molecule has 0 atom stereocenters. The van der Waals surface area contributed by atoms with Crippen LogP contribution in [0, 0.1) is 0 Å². The molecule has 12 heteroatoms. The first-order chi connectivity index (χ1) is 8.97. The van der Waals surface area contributed by atoms with Gasteiger partial charge in [-0.3, -0.25) is 4.79 Å². The maximum absolute atomic E-state index is 13.0. The average Bonchev–Trinajstić information content (AvgIpc) is 2.76. The monoisotopic (exact) mass is 336 g/mol. The van der Waals surface area contributed by atoms with Gasteiger partial charge in [0, 0.05) is 11.6 Å². The van der Waals surface area contributed by atoms with Crippen molar-refractivity contribution in [2.24, 2.45) is 0 Å². The zero-order valence-electron chi connectivity index (χ0n) is 9.39. The summed E-state index contributed by atoms with van der Waals surface area (Å²) in [6.07, 6.45) is -0.909. The second-order valence-electron chi connectivity index (χ2n) is 3.44. The molecule has 0 aliphatic heterocycles. The van der Waals surface area contributed by atoms with Crippen LogP contribution < -0.4 is 0 Å². The molecule has 0 N–H and O–H groups in total. The van der Waals surface area contributed by atoms with E-state index in [0.29, 0.717) is 0 Å². The zero-order chi connectivity index (χ0) is 15.6. The number of hydrogen-bond donors (Lipinski definition) is 0. The Hall–Kier alpha value is -1.27. The fourth-order valence-electron chi connectivity index (χ4n) is 0.985. The van der Waals surface area contributed by atoms with E-state index in [9.17, 15) is 35.3 Å². The topological polar surface area (TPSA) is 96.4 Å². The molecule has 0 saturated heterocycles. The predicted octanol–water partition coefficient (Wildman–Crippen LogP) is 1.35. The number of hydrogen-bond acceptors (Lipinski definition) is 7. The SMILES string of the molecule is O=C(CC(F)(F)C(F)(F)S(=O)(=O)[O-])OCc1nccs1. The predicted molar refractivity (Wildman–Crippen MR) is 56.1 cm³/mol. The first kappa shape index (κ1) is 16.8. The Kier molecular flexibility index (Phi) is 4.71. The number of ether oxygens (including phenoxy) is 1. The number of aromatic nitrogens is 1. The van der Waals surface area contributed by atoms with E-state index in [-0.39, 0.29) is 5.01 Å². The number of carbonyl (C=O) groups excluding carboxylic acids is 1. The summed E-state index contributed by atoms with van der Waals surface area (Å²) in [7, 11) is -6.62. The Bertz CT molecular complexity index is 572. The summed E-state index contributed by atoms with van der Waals surface area (Å²) in [6.45, 7) is -0.526. The van der Waals surface area contributed by atoms with E-state index in [2.05, 4.69) is 9.72 Å². The molecular weight excluding hydrogens is 330 g/mol. The van der Waals surface area contributed by atoms with E-state index in [1.54, 1.807) is 0 Å². The van der Waals surface area contributed by atoms with Crippen LogP contribution in [0.1, 0.15) is 11.4 Å². The molecule has 0 bridgehead atoms. The van der Waals surface area contributed by atoms with Crippen LogP contribution in [0.3, 0.4) is 0 Å². The van der Waals surface area contributed by atoms with Crippen LogP contribution in [-0.4, -0.2) is 35.1 Å². The lowest BCUT2D eigenvalue weighted by atomic mass is 10.2. The lowest BCUT2D eigenvalue weighted by molar-refractivity contribution is -0.183. The van der Waals surface area contributed by atoms with Gasteiger partial charge in [-0.05, 0) is 0 Å². The van der Waals surface area contributed by atoms with Gasteiger partial charge >= 0.3 is 17.1 Å². The molecule has 20 heavy (non-hydrogen) atoms. The van der Waals surface area contributed by atoms with Gasteiger partial charge < -0.3 is 9.29 Å². The molecule has 0 spiro atoms. The largest absolute Gasteiger partial charge is 0.743 e. The molecule has 6 nitrogen and oxygen atoms in total. The van der Waals surface area contributed by atoms with Crippen LogP contribution in [0.25, 0.3) is 0 Å². The number of rotatable bonds is 6. The van der Waals surface area contributed by atoms with Crippen molar-refractivity contribution in [2.75, 3.05) is 0 Å². The van der Waals surface area contributed by atoms with Crippen LogP contribution in [0.15, 0.2) is 11.6 Å². The number of nitrogens with zero attached hydrogens (tertiary/aromatic N) is 1. The molecule has 0 saturated carbocycles. The minimum atomic E-state index is -6.62. The van der Waals surface area contributed by atoms with Crippen LogP contribution in [0.2, 0.25) is 0 Å². The molecule has 0 aliphatic carbocycles. The number of esters is 1. The van der Waals surface area contributed by atoms with Crippen molar-refractivity contribution in [1.29, 1.82) is 0 Å². The standard InChI is InChI=1S/C8H7F4NO5S2/c9-7(10,8(11,12)20(15,16)17)3-6(14)18-4-5-13-1-2-19-5/h1-2H,3-4H2,(H,15,16,17)/p-1. The van der Waals surface area contributed by atoms with Crippen LogP contribution in [-0.2, 0) is 26.3 Å². The molecule has 0 unspecified atom stereocenters. The fraction of sp³-hybridized carbons (Fsp3) is 0.500. The summed E-state index contributed by atoms with van der Waals surface area (Å²) in [5, 5.41) is -4.18. The van der Waals surface area contributed by atoms with Gasteiger partial charge in [-0.1, -0.05) is 0 Å². The lowest BCUT2D eigenvalue weighted by Gasteiger charge is -2.27. The molecule has 1 aromatic rings. The van der Waals surface area contributed by atoms with E-state index in [1.807, 2.05) is 0 Å². The molecule has 1 rings (SSSR count). The van der Waals surface area contributed by atoms with Crippen molar-refractivity contribution in [3.05, 3.63) is 16.6 Å². The molecule has 0 aliphatic rings. The zero-order valence-corrected chi connectivity index (χ0v) is 11.0. The molecule has 0 radical (unpaired) electrons. The molecule has 1 aromatic heterocycles. The minimum absolute atomic E-state index is 0.227. The highest BCUT2D eigenvalue weighted by atomic mass is 32.2. The Balaban J connectivity index is 2.68. The smallest absolute Gasteiger partial charge is 0.396 e. The van der Waals surface area contributed by atoms with Crippen molar-refractivity contribution >= 4 is 27.4 Å². The highest BCUT2D eigenvalue weighted by Gasteiger charge is 2.62. The number of halogens is 4. The Morgan fingerprint density at radius 1 is 1.40 bits per heavy atom. The molecule has 0 aromatic carbocycles. The van der Waals surface area contributed by atoms with Gasteiger partial charge in [0.1, 0.15) is 18.0 Å². The van der Waals surface area contributed by atoms with E-state index >= 15 is 0 Å². The molecule has 0 fully saturated rings. The van der Waals surface area contributed by atoms with Crippen molar-refractivity contribution < 1.29 is 40.1 Å². The second-order valence-corrected chi connectivity index (χ2v) is 5.84. The summed E-state index contributed by atoms with van der Waals surface area (Å²) < 4.78 is 85.8. The molecule has 114 valence electrons. The van der Waals surface area contributed by atoms with Gasteiger partial charge in [0.05, 0.1) is 0 Å². The Labute approximate surface area is 114 Å². The van der Waals surface area contributed by atoms with Crippen molar-refractivity contribution in [3.63, 3.8) is 0 Å². The van der Waals surface area contributed by atoms with Gasteiger partial charge in [-0.25, -0.2) is 13.4 Å². The number of thiazole rings is 1. The molecule has 0 amide bonds. The van der Waals surface area contributed by atoms with E-state index in [0.717, 1.165) is 11.3 Å². The van der Waals surface area contributed by atoms with Crippen LogP contribution in [0.4, 0.5) is 17.6 Å². The Morgan fingerprint density at radius 2 is 2.00 bits per heavy atom. The molecule has 1 heterocycles. The Morgan fingerprint density at radius 3 is 2.45 bits per heavy atom. The summed E-state index contributed by atoms with van der Waals surface area (Å²) in [4.78, 5) is 14.6. The molecular formula is C8H6F4NO5S2-. The third-order valence-corrected chi connectivity index (χ3v) is 3.63. The van der Waals surface area contributed by atoms with Gasteiger partial charge in [0.2, 0.25) is 0 Å². The van der Waals surface area contributed by atoms with E-state index in [1.165, 1.54) is 11.6 Å². The maximum Gasteiger partial charge on any atom is 0.396 e. The fourth-order valence-corrected chi connectivity index (χ4v) is 1.95. The van der Waals surface area contributed by atoms with Crippen molar-refractivity contribution in [3.8, 4) is 0 Å². The second kappa shape index (κ2) is 5.61. The summed E-state index contributed by atoms with van der Waals surface area (Å²) in [5.74, 6) is -7.15. The lowest BCUT2D eigenvalue weighted by Crippen LogP contribution is -2.48. The summed E-state index contributed by atoms with van der Waals surface area (Å²) in [5.41, 5.74) is 0. The number of carbonyl (C=O) groups is 1. The average molecular weight is 336 g/mol. The highest BCUT2D eigenvalue weighted by Crippen LogP contribution is 2.40. The third-order valence-electron chi connectivity index (χ3n) is 1.95. The van der Waals surface area contributed by atoms with Gasteiger partial charge in [-0.15, -0.1) is 11.3 Å². The van der Waals surface area contributed by atoms with Gasteiger partial charge in [0.25, 0.3) is 0 Å². The highest BCUT2D eigenvalue weighted by molar-refractivity contribution is 7.86. The number of alkyl halides is 4. The normalized spacial score (nSPS) is 13.2. The first-order valence-electron chi connectivity index (χ1n) is 4.72. The van der Waals surface area contributed by atoms with Gasteiger partial charge in [0.15, 0.2) is 10.1 Å². The van der Waals surface area contributed by atoms with Crippen molar-refractivity contribution in [2.45, 2.75) is 24.2 Å². The first-order valence-corrected chi connectivity index (χ1v) is 7.01. The summed E-state index contributed by atoms with van der Waals surface area (Å²) >= 11 is 1.02. The van der Waals surface area contributed by atoms with Crippen molar-refractivity contribution in [1.82, 2.24) is 4.98 Å². The summed E-state index contributed by atoms with van der Waals surface area (Å²) in [6, 6.07) is 0. The van der Waals surface area contributed by atoms with Crippen LogP contribution in [0.5, 0.6) is 0 Å². The van der Waals surface area contributed by atoms with E-state index < -0.39 is 40.3 Å². The maximum atomic E-state index is 13.0. The van der Waals surface area contributed by atoms with E-state index in [4.69, 9.17) is 0 Å². The quantitative estimate of drug-likeness (QED) is 0.442. The van der Waals surface area contributed by atoms with Gasteiger partial charge in [-0.2, -0.15) is 17.6 Å². The third kappa shape index (κ3) is 3.64. The minimum Gasteiger partial charge on any atom is -0.743 e. The van der Waals surface area contributed by atoms with Crippen LogP contribution >= 0.6 is 11.3 Å².